The lowest BCUT2D eigenvalue weighted by Gasteiger charge is -2.25. The van der Waals surface area contributed by atoms with E-state index < -0.39 is 5.91 Å². The quantitative estimate of drug-likeness (QED) is 0.833. The van der Waals surface area contributed by atoms with Crippen LogP contribution in [-0.2, 0) is 4.79 Å². The van der Waals surface area contributed by atoms with Crippen LogP contribution in [0.4, 0.5) is 5.69 Å². The Labute approximate surface area is 121 Å². The van der Waals surface area contributed by atoms with Crippen molar-refractivity contribution in [2.24, 2.45) is 5.73 Å². The van der Waals surface area contributed by atoms with E-state index in [1.165, 1.54) is 17.0 Å². The standard InChI is InChI=1S/C12H15Cl2N3O2/c1-6(2)17(5-10(16)18)12(19)7-3-8(13)11(14)9(15)4-7/h3-4,6H,5,15H2,1-2H3,(H2,16,18). The summed E-state index contributed by atoms with van der Waals surface area (Å²) in [6, 6.07) is 2.65. The van der Waals surface area contributed by atoms with E-state index in [1.54, 1.807) is 13.8 Å². The minimum atomic E-state index is -0.588. The monoisotopic (exact) mass is 303 g/mol. The van der Waals surface area contributed by atoms with Gasteiger partial charge in [-0.05, 0) is 26.0 Å². The van der Waals surface area contributed by atoms with Gasteiger partial charge in [-0.1, -0.05) is 23.2 Å². The molecule has 0 aliphatic heterocycles. The summed E-state index contributed by atoms with van der Waals surface area (Å²) in [4.78, 5) is 24.6. The number of hydrogen-bond acceptors (Lipinski definition) is 3. The average molecular weight is 304 g/mol. The fourth-order valence-corrected chi connectivity index (χ4v) is 1.89. The van der Waals surface area contributed by atoms with Gasteiger partial charge >= 0.3 is 0 Å². The van der Waals surface area contributed by atoms with Gasteiger partial charge in [0.15, 0.2) is 0 Å². The molecule has 2 amide bonds. The molecule has 0 saturated carbocycles. The molecule has 1 rings (SSSR count). The molecule has 0 aliphatic carbocycles. The van der Waals surface area contributed by atoms with Crippen molar-refractivity contribution in [3.63, 3.8) is 0 Å². The molecule has 7 heteroatoms. The van der Waals surface area contributed by atoms with E-state index in [-0.39, 0.29) is 39.8 Å². The number of primary amides is 1. The van der Waals surface area contributed by atoms with Crippen LogP contribution in [0.1, 0.15) is 24.2 Å². The number of halogens is 2. The Hall–Kier alpha value is -1.46. The minimum absolute atomic E-state index is 0.170. The summed E-state index contributed by atoms with van der Waals surface area (Å²) in [5.74, 6) is -0.964. The third kappa shape index (κ3) is 3.75. The summed E-state index contributed by atoms with van der Waals surface area (Å²) in [6.07, 6.45) is 0. The van der Waals surface area contributed by atoms with Crippen LogP contribution in [0.3, 0.4) is 0 Å². The fraction of sp³-hybridized carbons (Fsp3) is 0.333. The van der Waals surface area contributed by atoms with Crippen molar-refractivity contribution in [3.8, 4) is 0 Å². The minimum Gasteiger partial charge on any atom is -0.397 e. The summed E-state index contributed by atoms with van der Waals surface area (Å²) in [5.41, 5.74) is 11.3. The van der Waals surface area contributed by atoms with Gasteiger partial charge in [-0.25, -0.2) is 0 Å². The Kier molecular flexibility index (Phi) is 5.03. The van der Waals surface area contributed by atoms with Gasteiger partial charge in [0.05, 0.1) is 22.3 Å². The molecule has 0 spiro atoms. The molecule has 0 aromatic heterocycles. The molecule has 0 heterocycles. The molecule has 1 aromatic rings. The van der Waals surface area contributed by atoms with Crippen LogP contribution in [0.5, 0.6) is 0 Å². The second-order valence-corrected chi connectivity index (χ2v) is 5.14. The van der Waals surface area contributed by atoms with Crippen molar-refractivity contribution in [2.45, 2.75) is 19.9 Å². The van der Waals surface area contributed by atoms with Crippen LogP contribution in [0.25, 0.3) is 0 Å². The second kappa shape index (κ2) is 6.12. The molecule has 0 saturated heterocycles. The number of anilines is 1. The average Bonchev–Trinajstić information content (AvgIpc) is 2.31. The Balaban J connectivity index is 3.13. The Morgan fingerprint density at radius 1 is 1.32 bits per heavy atom. The van der Waals surface area contributed by atoms with Crippen molar-refractivity contribution in [2.75, 3.05) is 12.3 Å². The van der Waals surface area contributed by atoms with E-state index in [9.17, 15) is 9.59 Å². The van der Waals surface area contributed by atoms with Crippen molar-refractivity contribution in [3.05, 3.63) is 27.7 Å². The number of nitrogens with zero attached hydrogens (tertiary/aromatic N) is 1. The van der Waals surface area contributed by atoms with Gasteiger partial charge in [0, 0.05) is 11.6 Å². The first kappa shape index (κ1) is 15.6. The van der Waals surface area contributed by atoms with E-state index in [0.717, 1.165) is 0 Å². The highest BCUT2D eigenvalue weighted by Crippen LogP contribution is 2.30. The normalized spacial score (nSPS) is 10.6. The van der Waals surface area contributed by atoms with Gasteiger partial charge in [-0.2, -0.15) is 0 Å². The lowest BCUT2D eigenvalue weighted by molar-refractivity contribution is -0.119. The zero-order valence-electron chi connectivity index (χ0n) is 10.6. The maximum absolute atomic E-state index is 12.3. The molecule has 104 valence electrons. The lowest BCUT2D eigenvalue weighted by atomic mass is 10.1. The molecule has 0 fully saturated rings. The topological polar surface area (TPSA) is 89.4 Å². The lowest BCUT2D eigenvalue weighted by Crippen LogP contribution is -2.42. The predicted octanol–water partition coefficient (Wildman–Crippen LogP) is 1.91. The summed E-state index contributed by atoms with van der Waals surface area (Å²) in [7, 11) is 0. The van der Waals surface area contributed by atoms with E-state index >= 15 is 0 Å². The molecule has 4 N–H and O–H groups in total. The molecule has 19 heavy (non-hydrogen) atoms. The fourth-order valence-electron chi connectivity index (χ4n) is 1.56. The predicted molar refractivity (Wildman–Crippen MR) is 76.2 cm³/mol. The number of amides is 2. The first-order valence-corrected chi connectivity index (χ1v) is 6.33. The molecule has 0 radical (unpaired) electrons. The van der Waals surface area contributed by atoms with E-state index in [2.05, 4.69) is 0 Å². The van der Waals surface area contributed by atoms with Crippen LogP contribution in [0.2, 0.25) is 10.0 Å². The Morgan fingerprint density at radius 2 is 1.89 bits per heavy atom. The summed E-state index contributed by atoms with van der Waals surface area (Å²) in [6.45, 7) is 3.39. The van der Waals surface area contributed by atoms with Crippen LogP contribution < -0.4 is 11.5 Å². The summed E-state index contributed by atoms with van der Waals surface area (Å²) < 4.78 is 0. The zero-order valence-corrected chi connectivity index (χ0v) is 12.1. The van der Waals surface area contributed by atoms with Crippen LogP contribution >= 0.6 is 23.2 Å². The van der Waals surface area contributed by atoms with Crippen LogP contribution in [0.15, 0.2) is 12.1 Å². The van der Waals surface area contributed by atoms with Gasteiger partial charge < -0.3 is 16.4 Å². The van der Waals surface area contributed by atoms with E-state index in [0.29, 0.717) is 0 Å². The number of carbonyl (C=O) groups excluding carboxylic acids is 2. The molecule has 1 aromatic carbocycles. The molecule has 0 bridgehead atoms. The number of benzene rings is 1. The van der Waals surface area contributed by atoms with Gasteiger partial charge in [0.2, 0.25) is 5.91 Å². The highest BCUT2D eigenvalue weighted by Gasteiger charge is 2.22. The molecule has 5 nitrogen and oxygen atoms in total. The maximum Gasteiger partial charge on any atom is 0.254 e. The highest BCUT2D eigenvalue weighted by molar-refractivity contribution is 6.43. The molecule has 0 atom stereocenters. The SMILES string of the molecule is CC(C)N(CC(N)=O)C(=O)c1cc(N)c(Cl)c(Cl)c1. The molecule has 0 unspecified atom stereocenters. The van der Waals surface area contributed by atoms with Gasteiger partial charge in [0.25, 0.3) is 5.91 Å². The number of hydrogen-bond donors (Lipinski definition) is 2. The van der Waals surface area contributed by atoms with Gasteiger partial charge in [-0.15, -0.1) is 0 Å². The van der Waals surface area contributed by atoms with Crippen LogP contribution in [0, 0.1) is 0 Å². The zero-order chi connectivity index (χ0) is 14.7. The third-order valence-corrected chi connectivity index (χ3v) is 3.33. The Bertz CT molecular complexity index is 495. The number of carbonyl (C=O) groups is 2. The number of nitrogen functional groups attached to an aromatic ring is 1. The molecular weight excluding hydrogens is 289 g/mol. The molecule has 0 aliphatic rings. The summed E-state index contributed by atoms with van der Waals surface area (Å²) in [5, 5.41) is 0.386. The highest BCUT2D eigenvalue weighted by atomic mass is 35.5. The number of nitrogens with two attached hydrogens (primary N) is 2. The van der Waals surface area contributed by atoms with Crippen molar-refractivity contribution in [1.82, 2.24) is 4.90 Å². The van der Waals surface area contributed by atoms with E-state index in [4.69, 9.17) is 34.7 Å². The van der Waals surface area contributed by atoms with E-state index in [1.807, 2.05) is 0 Å². The molecular formula is C12H15Cl2N3O2. The second-order valence-electron chi connectivity index (χ2n) is 4.35. The van der Waals surface area contributed by atoms with Gasteiger partial charge in [0.1, 0.15) is 0 Å². The third-order valence-electron chi connectivity index (χ3n) is 2.51. The van der Waals surface area contributed by atoms with Crippen molar-refractivity contribution >= 4 is 40.7 Å². The maximum atomic E-state index is 12.3. The number of rotatable bonds is 4. The van der Waals surface area contributed by atoms with Gasteiger partial charge in [-0.3, -0.25) is 9.59 Å². The van der Waals surface area contributed by atoms with Crippen molar-refractivity contribution in [1.29, 1.82) is 0 Å². The summed E-state index contributed by atoms with van der Waals surface area (Å²) >= 11 is 11.7. The first-order chi connectivity index (χ1) is 8.73. The van der Waals surface area contributed by atoms with Crippen LogP contribution in [-0.4, -0.2) is 29.3 Å². The smallest absolute Gasteiger partial charge is 0.254 e. The first-order valence-electron chi connectivity index (χ1n) is 5.57. The largest absolute Gasteiger partial charge is 0.397 e. The Morgan fingerprint density at radius 3 is 2.32 bits per heavy atom. The van der Waals surface area contributed by atoms with Crippen molar-refractivity contribution < 1.29 is 9.59 Å².